The Labute approximate surface area is 190 Å². The van der Waals surface area contributed by atoms with Gasteiger partial charge in [-0.3, -0.25) is 5.32 Å². The number of methoxy groups -OCH3 is 1. The van der Waals surface area contributed by atoms with Gasteiger partial charge >= 0.3 is 6.09 Å². The van der Waals surface area contributed by atoms with Gasteiger partial charge in [-0.1, -0.05) is 59.7 Å². The van der Waals surface area contributed by atoms with E-state index in [2.05, 4.69) is 84.7 Å². The van der Waals surface area contributed by atoms with Crippen molar-refractivity contribution in [3.8, 4) is 0 Å². The summed E-state index contributed by atoms with van der Waals surface area (Å²) in [6.45, 7) is 6.42. The average Bonchev–Trinajstić information content (AvgIpc) is 2.79. The lowest BCUT2D eigenvalue weighted by molar-refractivity contribution is 0.187. The van der Waals surface area contributed by atoms with Crippen LogP contribution in [0.2, 0.25) is 0 Å². The van der Waals surface area contributed by atoms with Crippen LogP contribution in [0.1, 0.15) is 58.1 Å². The topological polar surface area (TPSA) is 41.6 Å². The highest BCUT2D eigenvalue weighted by atomic mass is 16.5. The monoisotopic (exact) mass is 426 g/mol. The molecule has 0 aromatic heterocycles. The van der Waals surface area contributed by atoms with E-state index >= 15 is 0 Å². The Bertz CT molecular complexity index is 1090. The van der Waals surface area contributed by atoms with E-state index in [1.54, 1.807) is 0 Å². The van der Waals surface area contributed by atoms with Gasteiger partial charge in [0.05, 0.1) is 7.11 Å². The molecule has 0 saturated carbocycles. The molecule has 0 aliphatic carbocycles. The van der Waals surface area contributed by atoms with Crippen molar-refractivity contribution in [2.24, 2.45) is 0 Å². The number of nitrogens with zero attached hydrogens (tertiary/aromatic N) is 1. The predicted octanol–water partition coefficient (Wildman–Crippen LogP) is 6.36. The Hall–Kier alpha value is -3.27. The molecule has 164 valence electrons. The summed E-state index contributed by atoms with van der Waals surface area (Å²) in [5.74, 6) is 0.631. The predicted molar refractivity (Wildman–Crippen MR) is 130 cm³/mol. The van der Waals surface area contributed by atoms with E-state index in [-0.39, 0.29) is 0 Å². The molecule has 0 fully saturated rings. The van der Waals surface area contributed by atoms with Crippen molar-refractivity contribution in [3.63, 3.8) is 0 Å². The standard InChI is InChI=1S/C28H30N2O2/c1-18-6-4-8-20(14-18)23-10-12-30-13-11-24(21-9-5-7-19(2)15-21)26-17-22(29-28(31)32-3)16-25(23)27(26)30/h4-9,14-17,23-24H,10-13H2,1-3H3,(H,29,31). The van der Waals surface area contributed by atoms with Gasteiger partial charge in [-0.05, 0) is 61.1 Å². The van der Waals surface area contributed by atoms with Crippen LogP contribution >= 0.6 is 0 Å². The summed E-state index contributed by atoms with van der Waals surface area (Å²) >= 11 is 0. The summed E-state index contributed by atoms with van der Waals surface area (Å²) in [7, 11) is 1.41. The van der Waals surface area contributed by atoms with Crippen molar-refractivity contribution >= 4 is 17.5 Å². The van der Waals surface area contributed by atoms with Gasteiger partial charge in [-0.15, -0.1) is 0 Å². The first-order chi connectivity index (χ1) is 15.5. The third-order valence-corrected chi connectivity index (χ3v) is 6.93. The number of aryl methyl sites for hydroxylation is 2. The van der Waals surface area contributed by atoms with Gasteiger partial charge in [0.15, 0.2) is 0 Å². The van der Waals surface area contributed by atoms with E-state index in [0.717, 1.165) is 31.6 Å². The van der Waals surface area contributed by atoms with Crippen LogP contribution in [0, 0.1) is 13.8 Å². The van der Waals surface area contributed by atoms with Crippen LogP contribution in [0.3, 0.4) is 0 Å². The van der Waals surface area contributed by atoms with Gasteiger partial charge in [0.25, 0.3) is 0 Å². The van der Waals surface area contributed by atoms with Crippen molar-refractivity contribution in [1.82, 2.24) is 0 Å². The lowest BCUT2D eigenvalue weighted by atomic mass is 9.76. The summed E-state index contributed by atoms with van der Waals surface area (Å²) < 4.78 is 4.90. The zero-order chi connectivity index (χ0) is 22.2. The fourth-order valence-electron chi connectivity index (χ4n) is 5.50. The molecule has 32 heavy (non-hydrogen) atoms. The van der Waals surface area contributed by atoms with Crippen LogP contribution in [0.5, 0.6) is 0 Å². The highest BCUT2D eigenvalue weighted by Crippen LogP contribution is 2.49. The van der Waals surface area contributed by atoms with Gasteiger partial charge in [0.1, 0.15) is 0 Å². The molecule has 3 aromatic carbocycles. The molecule has 4 nitrogen and oxygen atoms in total. The Morgan fingerprint density at radius 3 is 1.88 bits per heavy atom. The molecule has 1 N–H and O–H groups in total. The second-order valence-electron chi connectivity index (χ2n) is 9.12. The van der Waals surface area contributed by atoms with Gasteiger partial charge in [-0.25, -0.2) is 4.79 Å². The molecular formula is C28H30N2O2. The minimum absolute atomic E-state index is 0.315. The molecule has 5 rings (SSSR count). The Morgan fingerprint density at radius 2 is 1.41 bits per heavy atom. The minimum atomic E-state index is -0.431. The number of nitrogens with one attached hydrogen (secondary N) is 1. The zero-order valence-corrected chi connectivity index (χ0v) is 19.0. The maximum Gasteiger partial charge on any atom is 0.411 e. The highest BCUT2D eigenvalue weighted by molar-refractivity contribution is 5.86. The molecule has 0 saturated heterocycles. The summed E-state index contributed by atoms with van der Waals surface area (Å²) in [6.07, 6.45) is 1.72. The molecule has 2 heterocycles. The molecular weight excluding hydrogens is 396 g/mol. The lowest BCUT2D eigenvalue weighted by Gasteiger charge is -2.43. The quantitative estimate of drug-likeness (QED) is 0.530. The SMILES string of the molecule is COC(=O)Nc1cc2c3c(c1)C(c1cccc(C)c1)CCN3CCC2c1cccc(C)c1. The first kappa shape index (κ1) is 20.6. The Kier molecular flexibility index (Phi) is 5.38. The number of hydrogen-bond acceptors (Lipinski definition) is 3. The number of rotatable bonds is 3. The third-order valence-electron chi connectivity index (χ3n) is 6.93. The highest BCUT2D eigenvalue weighted by Gasteiger charge is 2.35. The van der Waals surface area contributed by atoms with Crippen molar-refractivity contribution in [1.29, 1.82) is 0 Å². The summed E-state index contributed by atoms with van der Waals surface area (Å²) in [5.41, 5.74) is 10.0. The number of carbonyl (C=O) groups excluding carboxylic acids is 1. The first-order valence-corrected chi connectivity index (χ1v) is 11.4. The molecule has 0 radical (unpaired) electrons. The largest absolute Gasteiger partial charge is 0.453 e. The molecule has 2 aliphatic heterocycles. The number of amides is 1. The first-order valence-electron chi connectivity index (χ1n) is 11.4. The molecule has 1 amide bonds. The van der Waals surface area contributed by atoms with E-state index < -0.39 is 6.09 Å². The van der Waals surface area contributed by atoms with Crippen LogP contribution in [0.15, 0.2) is 60.7 Å². The minimum Gasteiger partial charge on any atom is -0.453 e. The van der Waals surface area contributed by atoms with Gasteiger partial charge < -0.3 is 9.64 Å². The van der Waals surface area contributed by atoms with Gasteiger partial charge in [0, 0.05) is 36.3 Å². The Balaban J connectivity index is 1.68. The molecule has 4 heteroatoms. The second kappa shape index (κ2) is 8.34. The van der Waals surface area contributed by atoms with Crippen LogP contribution in [-0.4, -0.2) is 26.3 Å². The molecule has 2 atom stereocenters. The van der Waals surface area contributed by atoms with Crippen molar-refractivity contribution in [2.75, 3.05) is 30.4 Å². The van der Waals surface area contributed by atoms with E-state index in [1.165, 1.54) is 46.2 Å². The van der Waals surface area contributed by atoms with Crippen molar-refractivity contribution in [2.45, 2.75) is 38.5 Å². The van der Waals surface area contributed by atoms with Crippen molar-refractivity contribution in [3.05, 3.63) is 94.0 Å². The van der Waals surface area contributed by atoms with Gasteiger partial charge in [-0.2, -0.15) is 0 Å². The maximum atomic E-state index is 12.1. The zero-order valence-electron chi connectivity index (χ0n) is 19.0. The van der Waals surface area contributed by atoms with Crippen LogP contribution in [-0.2, 0) is 4.74 Å². The second-order valence-corrected chi connectivity index (χ2v) is 9.12. The molecule has 2 unspecified atom stereocenters. The van der Waals surface area contributed by atoms with Crippen LogP contribution in [0.25, 0.3) is 0 Å². The average molecular weight is 427 g/mol. The van der Waals surface area contributed by atoms with E-state index in [9.17, 15) is 4.79 Å². The van der Waals surface area contributed by atoms with Crippen LogP contribution in [0.4, 0.5) is 16.2 Å². The van der Waals surface area contributed by atoms with Crippen LogP contribution < -0.4 is 10.2 Å². The van der Waals surface area contributed by atoms with E-state index in [4.69, 9.17) is 4.74 Å². The van der Waals surface area contributed by atoms with Gasteiger partial charge in [0.2, 0.25) is 0 Å². The summed E-state index contributed by atoms with van der Waals surface area (Å²) in [5, 5.41) is 2.94. The molecule has 3 aromatic rings. The molecule has 0 bridgehead atoms. The fourth-order valence-corrected chi connectivity index (χ4v) is 5.50. The maximum absolute atomic E-state index is 12.1. The lowest BCUT2D eigenvalue weighted by Crippen LogP contribution is -2.37. The number of benzene rings is 3. The van der Waals surface area contributed by atoms with Crippen molar-refractivity contribution < 1.29 is 9.53 Å². The van der Waals surface area contributed by atoms with E-state index in [1.807, 2.05) is 0 Å². The number of carbonyl (C=O) groups is 1. The fraction of sp³-hybridized carbons (Fsp3) is 0.321. The molecule has 0 spiro atoms. The number of hydrogen-bond donors (Lipinski definition) is 1. The summed E-state index contributed by atoms with van der Waals surface area (Å²) in [4.78, 5) is 14.6. The summed E-state index contributed by atoms with van der Waals surface area (Å²) in [6, 6.07) is 22.0. The Morgan fingerprint density at radius 1 is 0.875 bits per heavy atom. The number of anilines is 2. The third kappa shape index (κ3) is 3.75. The smallest absolute Gasteiger partial charge is 0.411 e. The molecule has 2 aliphatic rings. The van der Waals surface area contributed by atoms with E-state index in [0.29, 0.717) is 11.8 Å². The number of ether oxygens (including phenoxy) is 1. The normalized spacial score (nSPS) is 19.3.